The van der Waals surface area contributed by atoms with Gasteiger partial charge in [-0.05, 0) is 50.6 Å². The summed E-state index contributed by atoms with van der Waals surface area (Å²) in [6.45, 7) is 5.24. The lowest BCUT2D eigenvalue weighted by Crippen LogP contribution is -2.57. The third-order valence-corrected chi connectivity index (χ3v) is 5.20. The Balaban J connectivity index is 2.77. The zero-order valence-electron chi connectivity index (χ0n) is 19.5. The van der Waals surface area contributed by atoms with E-state index in [1.165, 1.54) is 6.92 Å². The van der Waals surface area contributed by atoms with Crippen LogP contribution in [-0.2, 0) is 25.6 Å². The van der Waals surface area contributed by atoms with Crippen molar-refractivity contribution < 1.29 is 24.3 Å². The van der Waals surface area contributed by atoms with Crippen LogP contribution >= 0.6 is 0 Å². The predicted octanol–water partition coefficient (Wildman–Crippen LogP) is -0.0997. The number of hydrogen-bond acceptors (Lipinski definition) is 6. The quantitative estimate of drug-likeness (QED) is 0.209. The lowest BCUT2D eigenvalue weighted by Gasteiger charge is -2.24. The first-order valence-electron chi connectivity index (χ1n) is 11.2. The summed E-state index contributed by atoms with van der Waals surface area (Å²) in [6, 6.07) is 5.47. The summed E-state index contributed by atoms with van der Waals surface area (Å²) >= 11 is 0. The van der Waals surface area contributed by atoms with E-state index in [1.807, 2.05) is 30.3 Å². The number of carboxylic acid groups (broad SMARTS) is 1. The number of benzene rings is 1. The minimum atomic E-state index is -1.16. The molecule has 0 aliphatic heterocycles. The van der Waals surface area contributed by atoms with Crippen LogP contribution in [0.3, 0.4) is 0 Å². The third-order valence-electron chi connectivity index (χ3n) is 5.20. The maximum atomic E-state index is 12.8. The van der Waals surface area contributed by atoms with Crippen molar-refractivity contribution >= 4 is 23.7 Å². The fourth-order valence-corrected chi connectivity index (χ4v) is 3.17. The molecule has 1 aromatic rings. The minimum Gasteiger partial charge on any atom is -0.480 e. The molecule has 3 amide bonds. The van der Waals surface area contributed by atoms with Crippen molar-refractivity contribution in [3.8, 4) is 0 Å². The maximum absolute atomic E-state index is 12.8. The number of carbonyl (C=O) groups excluding carboxylic acids is 3. The topological polar surface area (TPSA) is 177 Å². The minimum absolute atomic E-state index is 0.314. The van der Waals surface area contributed by atoms with Gasteiger partial charge in [-0.2, -0.15) is 0 Å². The molecule has 1 rings (SSSR count). The summed E-state index contributed by atoms with van der Waals surface area (Å²) in [6.07, 6.45) is 1.90. The summed E-state index contributed by atoms with van der Waals surface area (Å²) < 4.78 is 0. The molecule has 0 radical (unpaired) electrons. The molecule has 0 fully saturated rings. The van der Waals surface area contributed by atoms with Gasteiger partial charge in [0.05, 0.1) is 6.04 Å². The number of nitrogens with one attached hydrogen (secondary N) is 3. The first kappa shape index (κ1) is 28.1. The van der Waals surface area contributed by atoms with Gasteiger partial charge in [-0.1, -0.05) is 44.2 Å². The second-order valence-electron chi connectivity index (χ2n) is 8.44. The fourth-order valence-electron chi connectivity index (χ4n) is 3.17. The zero-order chi connectivity index (χ0) is 25.0. The molecule has 0 saturated carbocycles. The highest BCUT2D eigenvalue weighted by Crippen LogP contribution is 2.06. The Labute approximate surface area is 194 Å². The summed E-state index contributed by atoms with van der Waals surface area (Å²) in [5.41, 5.74) is 12.5. The number of aliphatic carboxylic acids is 1. The Morgan fingerprint density at radius 2 is 1.55 bits per heavy atom. The summed E-state index contributed by atoms with van der Waals surface area (Å²) in [5.74, 6) is -3.14. The van der Waals surface area contributed by atoms with Crippen LogP contribution in [0.2, 0.25) is 0 Å². The van der Waals surface area contributed by atoms with Gasteiger partial charge in [0.2, 0.25) is 17.7 Å². The zero-order valence-corrected chi connectivity index (χ0v) is 19.5. The molecule has 10 heteroatoms. The van der Waals surface area contributed by atoms with Gasteiger partial charge in [0.1, 0.15) is 18.1 Å². The number of carbonyl (C=O) groups is 4. The van der Waals surface area contributed by atoms with E-state index >= 15 is 0 Å². The van der Waals surface area contributed by atoms with Crippen LogP contribution in [0.15, 0.2) is 30.3 Å². The van der Waals surface area contributed by atoms with E-state index in [0.717, 1.165) is 5.56 Å². The number of amides is 3. The molecule has 0 saturated heterocycles. The summed E-state index contributed by atoms with van der Waals surface area (Å²) in [4.78, 5) is 49.2. The summed E-state index contributed by atoms with van der Waals surface area (Å²) in [5, 5.41) is 16.9. The van der Waals surface area contributed by atoms with Gasteiger partial charge in [0.15, 0.2) is 0 Å². The van der Waals surface area contributed by atoms with Gasteiger partial charge >= 0.3 is 5.97 Å². The number of nitrogens with two attached hydrogens (primary N) is 2. The van der Waals surface area contributed by atoms with Crippen molar-refractivity contribution in [2.24, 2.45) is 17.4 Å². The molecule has 184 valence electrons. The Hall–Kier alpha value is -2.98. The van der Waals surface area contributed by atoms with Crippen LogP contribution in [0.1, 0.15) is 45.6 Å². The van der Waals surface area contributed by atoms with Gasteiger partial charge in [-0.15, -0.1) is 0 Å². The number of unbranched alkanes of at least 4 members (excludes halogenated alkanes) is 1. The Bertz CT molecular complexity index is 787. The Morgan fingerprint density at radius 1 is 0.909 bits per heavy atom. The van der Waals surface area contributed by atoms with Crippen molar-refractivity contribution in [3.05, 3.63) is 35.9 Å². The molecule has 8 N–H and O–H groups in total. The van der Waals surface area contributed by atoms with Crippen molar-refractivity contribution in [2.75, 3.05) is 6.54 Å². The molecule has 0 aliphatic rings. The molecule has 1 aromatic carbocycles. The molecule has 10 nitrogen and oxygen atoms in total. The highest BCUT2D eigenvalue weighted by Gasteiger charge is 2.29. The highest BCUT2D eigenvalue weighted by molar-refractivity contribution is 5.93. The van der Waals surface area contributed by atoms with E-state index in [1.54, 1.807) is 13.8 Å². The van der Waals surface area contributed by atoms with Gasteiger partial charge < -0.3 is 32.5 Å². The van der Waals surface area contributed by atoms with Gasteiger partial charge in [-0.25, -0.2) is 4.79 Å². The van der Waals surface area contributed by atoms with Crippen LogP contribution in [0.4, 0.5) is 0 Å². The van der Waals surface area contributed by atoms with Crippen LogP contribution in [0.25, 0.3) is 0 Å². The predicted molar refractivity (Wildman–Crippen MR) is 125 cm³/mol. The molecule has 4 unspecified atom stereocenters. The molecule has 4 atom stereocenters. The van der Waals surface area contributed by atoms with E-state index in [4.69, 9.17) is 11.5 Å². The van der Waals surface area contributed by atoms with Crippen LogP contribution in [0.5, 0.6) is 0 Å². The number of hydrogen-bond donors (Lipinski definition) is 6. The average Bonchev–Trinajstić information content (AvgIpc) is 2.76. The van der Waals surface area contributed by atoms with E-state index in [-0.39, 0.29) is 5.92 Å². The van der Waals surface area contributed by atoms with Crippen LogP contribution in [-0.4, -0.2) is 59.5 Å². The normalized spacial score (nSPS) is 14.6. The standard InChI is InChI=1S/C23H37N5O5/c1-14(2)19(23(32)33)28-20(29)15(3)26-22(31)18(11-7-8-12-24)27-21(30)17(25)13-16-9-5-4-6-10-16/h4-6,9-10,14-15,17-19H,7-8,11-13,24-25H2,1-3H3,(H,26,31)(H,27,30)(H,28,29)(H,32,33). The largest absolute Gasteiger partial charge is 0.480 e. The third kappa shape index (κ3) is 10.0. The smallest absolute Gasteiger partial charge is 0.326 e. The second kappa shape index (κ2) is 14.2. The number of carboxylic acids is 1. The molecular weight excluding hydrogens is 426 g/mol. The van der Waals surface area contributed by atoms with Gasteiger partial charge in [0, 0.05) is 0 Å². The average molecular weight is 464 g/mol. The molecule has 33 heavy (non-hydrogen) atoms. The van der Waals surface area contributed by atoms with E-state index in [0.29, 0.717) is 32.2 Å². The van der Waals surface area contributed by atoms with Crippen LogP contribution < -0.4 is 27.4 Å². The van der Waals surface area contributed by atoms with Gasteiger partial charge in [-0.3, -0.25) is 14.4 Å². The first-order valence-corrected chi connectivity index (χ1v) is 11.2. The maximum Gasteiger partial charge on any atom is 0.326 e. The monoisotopic (exact) mass is 463 g/mol. The fraction of sp³-hybridized carbons (Fsp3) is 0.565. The molecule has 0 heterocycles. The van der Waals surface area contributed by atoms with Crippen molar-refractivity contribution in [1.82, 2.24) is 16.0 Å². The first-order chi connectivity index (χ1) is 15.6. The van der Waals surface area contributed by atoms with E-state index in [2.05, 4.69) is 16.0 Å². The summed E-state index contributed by atoms with van der Waals surface area (Å²) in [7, 11) is 0. The van der Waals surface area contributed by atoms with Gasteiger partial charge in [0.25, 0.3) is 0 Å². The lowest BCUT2D eigenvalue weighted by molar-refractivity contribution is -0.143. The number of rotatable bonds is 14. The Morgan fingerprint density at radius 3 is 2.09 bits per heavy atom. The van der Waals surface area contributed by atoms with Crippen molar-refractivity contribution in [2.45, 2.75) is 70.6 Å². The highest BCUT2D eigenvalue weighted by atomic mass is 16.4. The van der Waals surface area contributed by atoms with Crippen molar-refractivity contribution in [1.29, 1.82) is 0 Å². The molecular formula is C23H37N5O5. The van der Waals surface area contributed by atoms with Crippen LogP contribution in [0, 0.1) is 5.92 Å². The van der Waals surface area contributed by atoms with E-state index in [9.17, 15) is 24.3 Å². The SMILES string of the molecule is CC(NC(=O)C(CCCCN)NC(=O)C(N)Cc1ccccc1)C(=O)NC(C(=O)O)C(C)C. The molecule has 0 aromatic heterocycles. The Kier molecular flexibility index (Phi) is 12.1. The van der Waals surface area contributed by atoms with Crippen molar-refractivity contribution in [3.63, 3.8) is 0 Å². The lowest BCUT2D eigenvalue weighted by atomic mass is 10.0. The second-order valence-corrected chi connectivity index (χ2v) is 8.44. The van der Waals surface area contributed by atoms with E-state index < -0.39 is 47.9 Å². The molecule has 0 bridgehead atoms. The molecule has 0 aliphatic carbocycles. The molecule has 0 spiro atoms.